The Morgan fingerprint density at radius 3 is 0.944 bits per heavy atom. The van der Waals surface area contributed by atoms with Crippen molar-refractivity contribution in [2.24, 2.45) is 0 Å². The first-order valence-electron chi connectivity index (χ1n) is 18.4. The maximum absolute atomic E-state index is 9.46. The molecule has 10 aromatic rings. The molecule has 0 heterocycles. The van der Waals surface area contributed by atoms with E-state index in [4.69, 9.17) is 0 Å². The van der Waals surface area contributed by atoms with E-state index in [1.54, 1.807) is 0 Å². The second-order valence-electron chi connectivity index (χ2n) is 13.9. The van der Waals surface area contributed by atoms with Gasteiger partial charge < -0.3 is 0 Å². The predicted molar refractivity (Wildman–Crippen MR) is 228 cm³/mol. The minimum absolute atomic E-state index is 0.663. The Morgan fingerprint density at radius 1 is 0.241 bits per heavy atom. The molecule has 250 valence electrons. The van der Waals surface area contributed by atoms with Crippen LogP contribution in [0.1, 0.15) is 5.56 Å². The Bertz CT molecular complexity index is 3000. The Morgan fingerprint density at radius 2 is 0.537 bits per heavy atom. The molecule has 0 unspecified atom stereocenters. The first-order chi connectivity index (χ1) is 26.8. The molecule has 0 aromatic heterocycles. The van der Waals surface area contributed by atoms with Crippen molar-refractivity contribution in [1.82, 2.24) is 0 Å². The summed E-state index contributed by atoms with van der Waals surface area (Å²) < 4.78 is 0. The Labute approximate surface area is 314 Å². The Kier molecular flexibility index (Phi) is 7.60. The SMILES string of the molecule is N#Cc1ccc(-c2c3ccccc3c(-c3ccc(-c4c5ccccc5c(-c5ccccc5)c5cc(-c6ccccc6)ccc45)cc3)c3ccccc23)cc1. The second-order valence-corrected chi connectivity index (χ2v) is 13.9. The molecule has 0 saturated heterocycles. The van der Waals surface area contributed by atoms with Crippen molar-refractivity contribution >= 4 is 43.1 Å². The fourth-order valence-corrected chi connectivity index (χ4v) is 8.48. The molecule has 0 atom stereocenters. The van der Waals surface area contributed by atoms with Gasteiger partial charge in [0.1, 0.15) is 0 Å². The normalized spacial score (nSPS) is 11.3. The number of nitriles is 1. The van der Waals surface area contributed by atoms with E-state index in [1.165, 1.54) is 93.2 Å². The van der Waals surface area contributed by atoms with Crippen molar-refractivity contribution in [3.8, 4) is 61.7 Å². The van der Waals surface area contributed by atoms with Gasteiger partial charge in [-0.15, -0.1) is 0 Å². The van der Waals surface area contributed by atoms with Gasteiger partial charge in [0.15, 0.2) is 0 Å². The van der Waals surface area contributed by atoms with Gasteiger partial charge in [-0.25, -0.2) is 0 Å². The minimum Gasteiger partial charge on any atom is -0.192 e. The van der Waals surface area contributed by atoms with Crippen molar-refractivity contribution < 1.29 is 0 Å². The fraction of sp³-hybridized carbons (Fsp3) is 0. The van der Waals surface area contributed by atoms with E-state index in [0.717, 1.165) is 5.56 Å². The third kappa shape index (κ3) is 5.16. The van der Waals surface area contributed by atoms with E-state index in [-0.39, 0.29) is 0 Å². The van der Waals surface area contributed by atoms with Gasteiger partial charge in [0.05, 0.1) is 11.6 Å². The van der Waals surface area contributed by atoms with Gasteiger partial charge in [0.2, 0.25) is 0 Å². The maximum Gasteiger partial charge on any atom is 0.0991 e. The van der Waals surface area contributed by atoms with Crippen molar-refractivity contribution in [2.75, 3.05) is 0 Å². The first kappa shape index (κ1) is 31.5. The summed E-state index contributed by atoms with van der Waals surface area (Å²) >= 11 is 0. The van der Waals surface area contributed by atoms with Crippen LogP contribution in [-0.4, -0.2) is 0 Å². The van der Waals surface area contributed by atoms with E-state index < -0.39 is 0 Å². The minimum atomic E-state index is 0.663. The summed E-state index contributed by atoms with van der Waals surface area (Å²) in [5.41, 5.74) is 12.7. The topological polar surface area (TPSA) is 23.8 Å². The Hall–Kier alpha value is -7.27. The van der Waals surface area contributed by atoms with Crippen LogP contribution in [-0.2, 0) is 0 Å². The summed E-state index contributed by atoms with van der Waals surface area (Å²) in [5.74, 6) is 0. The molecule has 0 bridgehead atoms. The van der Waals surface area contributed by atoms with Crippen LogP contribution in [0, 0.1) is 11.3 Å². The molecule has 0 spiro atoms. The van der Waals surface area contributed by atoms with Crippen molar-refractivity contribution in [1.29, 1.82) is 5.26 Å². The van der Waals surface area contributed by atoms with Crippen LogP contribution in [0.25, 0.3) is 98.7 Å². The zero-order valence-corrected chi connectivity index (χ0v) is 29.5. The molecule has 10 aromatic carbocycles. The average molecular weight is 684 g/mol. The number of hydrogen-bond acceptors (Lipinski definition) is 1. The standard InChI is InChI=1S/C53H33N/c54-34-35-23-25-38(26-24-35)50-42-17-7-9-19-44(42)51(45-20-10-8-18-43(45)50)39-27-29-40(30-28-39)52-46-21-11-12-22-47(46)53(37-15-5-2-6-16-37)49-33-41(31-32-48(49)52)36-13-3-1-4-14-36/h1-33H. The van der Waals surface area contributed by atoms with Crippen LogP contribution in [0.4, 0.5) is 0 Å². The smallest absolute Gasteiger partial charge is 0.0991 e. The zero-order chi connectivity index (χ0) is 36.0. The summed E-state index contributed by atoms with van der Waals surface area (Å²) in [6.07, 6.45) is 0. The van der Waals surface area contributed by atoms with E-state index in [1.807, 2.05) is 12.1 Å². The van der Waals surface area contributed by atoms with Crippen LogP contribution in [0.2, 0.25) is 0 Å². The predicted octanol–water partition coefficient (Wildman–Crippen LogP) is 14.5. The maximum atomic E-state index is 9.46. The molecular formula is C53H33N. The van der Waals surface area contributed by atoms with Crippen LogP contribution in [0.3, 0.4) is 0 Å². The lowest BCUT2D eigenvalue weighted by Gasteiger charge is -2.20. The lowest BCUT2D eigenvalue weighted by Crippen LogP contribution is -1.93. The Balaban J connectivity index is 1.20. The molecular weight excluding hydrogens is 651 g/mol. The second kappa shape index (κ2) is 13.1. The quantitative estimate of drug-likeness (QED) is 0.166. The van der Waals surface area contributed by atoms with Crippen molar-refractivity contribution in [2.45, 2.75) is 0 Å². The van der Waals surface area contributed by atoms with Gasteiger partial charge in [-0.3, -0.25) is 0 Å². The van der Waals surface area contributed by atoms with Gasteiger partial charge in [-0.1, -0.05) is 182 Å². The molecule has 0 aliphatic heterocycles. The fourth-order valence-electron chi connectivity index (χ4n) is 8.48. The van der Waals surface area contributed by atoms with Crippen LogP contribution in [0.15, 0.2) is 200 Å². The number of hydrogen-bond donors (Lipinski definition) is 0. The monoisotopic (exact) mass is 683 g/mol. The molecule has 0 N–H and O–H groups in total. The number of rotatable bonds is 5. The van der Waals surface area contributed by atoms with Crippen LogP contribution >= 0.6 is 0 Å². The van der Waals surface area contributed by atoms with Crippen molar-refractivity contribution in [3.05, 3.63) is 206 Å². The molecule has 0 amide bonds. The largest absolute Gasteiger partial charge is 0.192 e. The molecule has 0 fully saturated rings. The molecule has 10 rings (SSSR count). The highest BCUT2D eigenvalue weighted by atomic mass is 14.2. The summed E-state index contributed by atoms with van der Waals surface area (Å²) in [5, 5.41) is 19.2. The lowest BCUT2D eigenvalue weighted by atomic mass is 9.83. The van der Waals surface area contributed by atoms with Gasteiger partial charge in [-0.2, -0.15) is 5.26 Å². The molecule has 0 aliphatic rings. The highest BCUT2D eigenvalue weighted by molar-refractivity contribution is 6.23. The first-order valence-corrected chi connectivity index (χ1v) is 18.4. The molecule has 1 heteroatoms. The average Bonchev–Trinajstić information content (AvgIpc) is 3.25. The highest BCUT2D eigenvalue weighted by Gasteiger charge is 2.19. The molecule has 0 aliphatic carbocycles. The molecule has 0 saturated carbocycles. The van der Waals surface area contributed by atoms with E-state index >= 15 is 0 Å². The third-order valence-corrected chi connectivity index (χ3v) is 10.9. The summed E-state index contributed by atoms with van der Waals surface area (Å²) in [7, 11) is 0. The molecule has 54 heavy (non-hydrogen) atoms. The van der Waals surface area contributed by atoms with Gasteiger partial charge in [0.25, 0.3) is 0 Å². The van der Waals surface area contributed by atoms with Gasteiger partial charge in [0, 0.05) is 0 Å². The van der Waals surface area contributed by atoms with E-state index in [9.17, 15) is 5.26 Å². The third-order valence-electron chi connectivity index (χ3n) is 10.9. The molecule has 1 nitrogen and oxygen atoms in total. The van der Waals surface area contributed by atoms with Crippen LogP contribution < -0.4 is 0 Å². The van der Waals surface area contributed by atoms with Gasteiger partial charge >= 0.3 is 0 Å². The van der Waals surface area contributed by atoms with E-state index in [2.05, 4.69) is 194 Å². The number of fused-ring (bicyclic) bond motifs is 4. The number of nitrogens with zero attached hydrogens (tertiary/aromatic N) is 1. The summed E-state index contributed by atoms with van der Waals surface area (Å²) in [4.78, 5) is 0. The number of benzene rings is 10. The highest BCUT2D eigenvalue weighted by Crippen LogP contribution is 2.47. The summed E-state index contributed by atoms with van der Waals surface area (Å²) in [6, 6.07) is 74.2. The van der Waals surface area contributed by atoms with E-state index in [0.29, 0.717) is 5.56 Å². The van der Waals surface area contributed by atoms with Gasteiger partial charge in [-0.05, 0) is 117 Å². The summed E-state index contributed by atoms with van der Waals surface area (Å²) in [6.45, 7) is 0. The van der Waals surface area contributed by atoms with Crippen LogP contribution in [0.5, 0.6) is 0 Å². The zero-order valence-electron chi connectivity index (χ0n) is 29.5. The molecule has 0 radical (unpaired) electrons. The van der Waals surface area contributed by atoms with Crippen molar-refractivity contribution in [3.63, 3.8) is 0 Å². The lowest BCUT2D eigenvalue weighted by molar-refractivity contribution is 1.49.